The predicted molar refractivity (Wildman–Crippen MR) is 71.2 cm³/mol. The number of methoxy groups -OCH3 is 1. The molecule has 0 atom stereocenters. The number of halogens is 1. The number of nitrogens with one attached hydrogen (secondary N) is 2. The molecule has 2 amide bonds. The number of ether oxygens (including phenoxy) is 1. The van der Waals surface area contributed by atoms with Crippen LogP contribution in [0.2, 0.25) is 0 Å². The Hall–Kier alpha value is -1.23. The quantitative estimate of drug-likeness (QED) is 0.878. The van der Waals surface area contributed by atoms with Crippen molar-refractivity contribution in [2.24, 2.45) is 0 Å². The largest absolute Gasteiger partial charge is 0.496 e. The third kappa shape index (κ3) is 4.65. The first kappa shape index (κ1) is 13.8. The van der Waals surface area contributed by atoms with E-state index in [9.17, 15) is 4.79 Å². The van der Waals surface area contributed by atoms with E-state index in [4.69, 9.17) is 4.74 Å². The fourth-order valence-corrected chi connectivity index (χ4v) is 1.89. The Morgan fingerprint density at radius 3 is 2.76 bits per heavy atom. The van der Waals surface area contributed by atoms with Gasteiger partial charge in [0.05, 0.1) is 11.6 Å². The van der Waals surface area contributed by atoms with Crippen LogP contribution in [0.15, 0.2) is 22.7 Å². The normalized spacial score (nSPS) is 9.82. The first-order valence-electron chi connectivity index (χ1n) is 5.51. The van der Waals surface area contributed by atoms with Crippen LogP contribution in [0, 0.1) is 0 Å². The minimum Gasteiger partial charge on any atom is -0.496 e. The fraction of sp³-hybridized carbons (Fsp3) is 0.417. The highest BCUT2D eigenvalue weighted by Crippen LogP contribution is 2.25. The molecule has 0 unspecified atom stereocenters. The van der Waals surface area contributed by atoms with Crippen molar-refractivity contribution in [2.45, 2.75) is 19.9 Å². The molecule has 0 spiro atoms. The van der Waals surface area contributed by atoms with Gasteiger partial charge >= 0.3 is 6.03 Å². The van der Waals surface area contributed by atoms with Crippen LogP contribution in [-0.4, -0.2) is 19.7 Å². The lowest BCUT2D eigenvalue weighted by Gasteiger charge is -2.08. The third-order valence-corrected chi connectivity index (χ3v) is 2.82. The Labute approximate surface area is 110 Å². The third-order valence-electron chi connectivity index (χ3n) is 2.20. The number of rotatable bonds is 5. The van der Waals surface area contributed by atoms with Crippen molar-refractivity contribution in [2.75, 3.05) is 13.7 Å². The standard InChI is InChI=1S/C12H17BrN2O2/c1-3-6-14-12(16)15-8-9-4-5-11(17-2)10(13)7-9/h4-5,7H,3,6,8H2,1-2H3,(H2,14,15,16). The number of benzene rings is 1. The van der Waals surface area contributed by atoms with Crippen molar-refractivity contribution in [1.82, 2.24) is 10.6 Å². The molecule has 0 saturated carbocycles. The van der Waals surface area contributed by atoms with Gasteiger partial charge in [-0.15, -0.1) is 0 Å². The van der Waals surface area contributed by atoms with Gasteiger partial charge in [-0.05, 0) is 40.0 Å². The highest BCUT2D eigenvalue weighted by molar-refractivity contribution is 9.10. The van der Waals surface area contributed by atoms with Gasteiger partial charge < -0.3 is 15.4 Å². The molecule has 17 heavy (non-hydrogen) atoms. The van der Waals surface area contributed by atoms with Gasteiger partial charge in [0, 0.05) is 13.1 Å². The van der Waals surface area contributed by atoms with Crippen LogP contribution in [0.25, 0.3) is 0 Å². The van der Waals surface area contributed by atoms with Gasteiger partial charge in [-0.2, -0.15) is 0 Å². The fourth-order valence-electron chi connectivity index (χ4n) is 1.30. The van der Waals surface area contributed by atoms with E-state index < -0.39 is 0 Å². The summed E-state index contributed by atoms with van der Waals surface area (Å²) in [4.78, 5) is 11.3. The van der Waals surface area contributed by atoms with E-state index in [1.165, 1.54) is 0 Å². The number of hydrogen-bond donors (Lipinski definition) is 2. The zero-order chi connectivity index (χ0) is 12.7. The second-order valence-corrected chi connectivity index (χ2v) is 4.43. The molecule has 0 bridgehead atoms. The minimum atomic E-state index is -0.140. The van der Waals surface area contributed by atoms with Gasteiger partial charge in [0.1, 0.15) is 5.75 Å². The number of carbonyl (C=O) groups excluding carboxylic acids is 1. The summed E-state index contributed by atoms with van der Waals surface area (Å²) in [7, 11) is 1.62. The van der Waals surface area contributed by atoms with Crippen LogP contribution in [-0.2, 0) is 6.54 Å². The van der Waals surface area contributed by atoms with Crippen LogP contribution in [0.1, 0.15) is 18.9 Å². The highest BCUT2D eigenvalue weighted by atomic mass is 79.9. The van der Waals surface area contributed by atoms with E-state index in [0.29, 0.717) is 13.1 Å². The number of amides is 2. The second-order valence-electron chi connectivity index (χ2n) is 3.58. The average molecular weight is 301 g/mol. The molecule has 0 radical (unpaired) electrons. The van der Waals surface area contributed by atoms with Crippen molar-refractivity contribution < 1.29 is 9.53 Å². The Kier molecular flexibility index (Phi) is 5.83. The summed E-state index contributed by atoms with van der Waals surface area (Å²) in [6, 6.07) is 5.58. The van der Waals surface area contributed by atoms with E-state index >= 15 is 0 Å². The molecule has 0 saturated heterocycles. The van der Waals surface area contributed by atoms with Gasteiger partial charge in [0.2, 0.25) is 0 Å². The maximum atomic E-state index is 11.3. The van der Waals surface area contributed by atoms with E-state index in [1.54, 1.807) is 7.11 Å². The lowest BCUT2D eigenvalue weighted by Crippen LogP contribution is -2.35. The number of urea groups is 1. The van der Waals surface area contributed by atoms with Crippen molar-refractivity contribution in [3.8, 4) is 5.75 Å². The molecule has 1 rings (SSSR count). The van der Waals surface area contributed by atoms with Gasteiger partial charge in [0.25, 0.3) is 0 Å². The summed E-state index contributed by atoms with van der Waals surface area (Å²) in [5.41, 5.74) is 1.02. The number of hydrogen-bond acceptors (Lipinski definition) is 2. The zero-order valence-corrected chi connectivity index (χ0v) is 11.6. The minimum absolute atomic E-state index is 0.140. The van der Waals surface area contributed by atoms with Crippen LogP contribution in [0.4, 0.5) is 4.79 Å². The van der Waals surface area contributed by atoms with Gasteiger partial charge in [-0.25, -0.2) is 4.79 Å². The molecular weight excluding hydrogens is 284 g/mol. The molecule has 1 aromatic rings. The van der Waals surface area contributed by atoms with E-state index in [0.717, 1.165) is 22.2 Å². The number of carbonyl (C=O) groups is 1. The summed E-state index contributed by atoms with van der Waals surface area (Å²) >= 11 is 3.40. The molecule has 0 fully saturated rings. The lowest BCUT2D eigenvalue weighted by molar-refractivity contribution is 0.240. The molecule has 5 heteroatoms. The summed E-state index contributed by atoms with van der Waals surface area (Å²) in [6.45, 7) is 3.21. The molecule has 2 N–H and O–H groups in total. The highest BCUT2D eigenvalue weighted by Gasteiger charge is 2.03. The topological polar surface area (TPSA) is 50.4 Å². The lowest BCUT2D eigenvalue weighted by atomic mass is 10.2. The van der Waals surface area contributed by atoms with Crippen molar-refractivity contribution in [3.05, 3.63) is 28.2 Å². The Morgan fingerprint density at radius 1 is 1.41 bits per heavy atom. The van der Waals surface area contributed by atoms with E-state index in [1.807, 2.05) is 25.1 Å². The predicted octanol–water partition coefficient (Wildman–Crippen LogP) is 2.67. The first-order valence-corrected chi connectivity index (χ1v) is 6.30. The Balaban J connectivity index is 2.47. The monoisotopic (exact) mass is 300 g/mol. The van der Waals surface area contributed by atoms with Gasteiger partial charge in [-0.3, -0.25) is 0 Å². The van der Waals surface area contributed by atoms with Crippen LogP contribution in [0.3, 0.4) is 0 Å². The van der Waals surface area contributed by atoms with Crippen LogP contribution in [0.5, 0.6) is 5.75 Å². The van der Waals surface area contributed by atoms with Gasteiger partial charge in [0.15, 0.2) is 0 Å². The van der Waals surface area contributed by atoms with Crippen molar-refractivity contribution >= 4 is 22.0 Å². The maximum absolute atomic E-state index is 11.3. The molecule has 0 aliphatic heterocycles. The SMILES string of the molecule is CCCNC(=O)NCc1ccc(OC)c(Br)c1. The smallest absolute Gasteiger partial charge is 0.315 e. The first-order chi connectivity index (χ1) is 8.17. The zero-order valence-electron chi connectivity index (χ0n) is 10.0. The average Bonchev–Trinajstić information content (AvgIpc) is 2.34. The van der Waals surface area contributed by atoms with E-state index in [2.05, 4.69) is 26.6 Å². The molecule has 0 aromatic heterocycles. The molecule has 4 nitrogen and oxygen atoms in total. The molecule has 0 heterocycles. The van der Waals surface area contributed by atoms with Crippen molar-refractivity contribution in [1.29, 1.82) is 0 Å². The summed E-state index contributed by atoms with van der Waals surface area (Å²) < 4.78 is 6.01. The maximum Gasteiger partial charge on any atom is 0.315 e. The Bertz CT molecular complexity index is 383. The van der Waals surface area contributed by atoms with Crippen molar-refractivity contribution in [3.63, 3.8) is 0 Å². The molecule has 1 aromatic carbocycles. The molecule has 94 valence electrons. The van der Waals surface area contributed by atoms with Gasteiger partial charge in [-0.1, -0.05) is 13.0 Å². The summed E-state index contributed by atoms with van der Waals surface area (Å²) in [6.07, 6.45) is 0.932. The van der Waals surface area contributed by atoms with Crippen LogP contribution < -0.4 is 15.4 Å². The second kappa shape index (κ2) is 7.17. The Morgan fingerprint density at radius 2 is 2.18 bits per heavy atom. The molecular formula is C12H17BrN2O2. The summed E-state index contributed by atoms with van der Waals surface area (Å²) in [5, 5.41) is 5.54. The molecule has 0 aliphatic carbocycles. The summed E-state index contributed by atoms with van der Waals surface area (Å²) in [5.74, 6) is 0.782. The van der Waals surface area contributed by atoms with E-state index in [-0.39, 0.29) is 6.03 Å². The van der Waals surface area contributed by atoms with Crippen LogP contribution >= 0.6 is 15.9 Å². The molecule has 0 aliphatic rings.